The fourth-order valence-corrected chi connectivity index (χ4v) is 2.99. The van der Waals surface area contributed by atoms with Crippen LogP contribution in [0.1, 0.15) is 22.5 Å². The number of carbonyl (C=O) groups excluding carboxylic acids is 2. The molecule has 1 atom stereocenters. The van der Waals surface area contributed by atoms with E-state index in [-0.39, 0.29) is 36.6 Å². The number of nitrogens with zero attached hydrogens (tertiary/aromatic N) is 1. The molecule has 2 N–H and O–H groups in total. The van der Waals surface area contributed by atoms with Crippen LogP contribution in [-0.4, -0.2) is 55.6 Å². The summed E-state index contributed by atoms with van der Waals surface area (Å²) in [6, 6.07) is 13.5. The van der Waals surface area contributed by atoms with Crippen LogP contribution in [-0.2, 0) is 16.1 Å². The van der Waals surface area contributed by atoms with Gasteiger partial charge in [0.1, 0.15) is 0 Å². The number of morpholine rings is 1. The van der Waals surface area contributed by atoms with Gasteiger partial charge in [-0.15, -0.1) is 0 Å². The molecule has 1 aliphatic heterocycles. The molecule has 0 saturated carbocycles. The van der Waals surface area contributed by atoms with Crippen molar-refractivity contribution in [2.75, 3.05) is 32.8 Å². The maximum absolute atomic E-state index is 12.0. The van der Waals surface area contributed by atoms with Gasteiger partial charge in [-0.2, -0.15) is 0 Å². The van der Waals surface area contributed by atoms with Gasteiger partial charge in [0, 0.05) is 39.1 Å². The van der Waals surface area contributed by atoms with Crippen LogP contribution in [0.3, 0.4) is 0 Å². The Labute approximate surface area is 158 Å². The van der Waals surface area contributed by atoms with Crippen LogP contribution < -0.4 is 10.6 Å². The largest absolute Gasteiger partial charge is 0.459 e. The standard InChI is InChI=1S/C20H25N3O4/c24-19(8-9-21-20(25)18-7-4-11-27-18)22-13-17-15-23(10-12-26-17)14-16-5-2-1-3-6-16/h1-7,11,17H,8-10,12-15H2,(H,21,25)(H,22,24). The second kappa shape index (κ2) is 9.89. The van der Waals surface area contributed by atoms with Gasteiger partial charge in [0.15, 0.2) is 5.76 Å². The van der Waals surface area contributed by atoms with Gasteiger partial charge in [0.25, 0.3) is 5.91 Å². The van der Waals surface area contributed by atoms with Crippen molar-refractivity contribution in [2.24, 2.45) is 0 Å². The summed E-state index contributed by atoms with van der Waals surface area (Å²) >= 11 is 0. The molecule has 7 nitrogen and oxygen atoms in total. The van der Waals surface area contributed by atoms with Crippen molar-refractivity contribution in [3.05, 3.63) is 60.1 Å². The minimum Gasteiger partial charge on any atom is -0.459 e. The second-order valence-corrected chi connectivity index (χ2v) is 6.50. The highest BCUT2D eigenvalue weighted by molar-refractivity contribution is 5.91. The van der Waals surface area contributed by atoms with Crippen LogP contribution in [0.2, 0.25) is 0 Å². The van der Waals surface area contributed by atoms with Crippen molar-refractivity contribution in [1.29, 1.82) is 0 Å². The van der Waals surface area contributed by atoms with E-state index in [0.29, 0.717) is 13.2 Å². The van der Waals surface area contributed by atoms with Gasteiger partial charge in [-0.25, -0.2) is 0 Å². The topological polar surface area (TPSA) is 83.8 Å². The zero-order chi connectivity index (χ0) is 18.9. The quantitative estimate of drug-likeness (QED) is 0.733. The third kappa shape index (κ3) is 6.23. The van der Waals surface area contributed by atoms with E-state index in [1.54, 1.807) is 12.1 Å². The van der Waals surface area contributed by atoms with Gasteiger partial charge in [-0.05, 0) is 17.7 Å². The predicted molar refractivity (Wildman–Crippen MR) is 100 cm³/mol. The SMILES string of the molecule is O=C(CCNC(=O)c1ccco1)NCC1CN(Cc2ccccc2)CCO1. The Hall–Kier alpha value is -2.64. The van der Waals surface area contributed by atoms with Crippen LogP contribution in [0.15, 0.2) is 53.1 Å². The molecule has 1 aromatic heterocycles. The van der Waals surface area contributed by atoms with Gasteiger partial charge in [0.2, 0.25) is 5.91 Å². The Morgan fingerprint density at radius 2 is 1.96 bits per heavy atom. The Balaban J connectivity index is 1.33. The van der Waals surface area contributed by atoms with Gasteiger partial charge in [0.05, 0.1) is 19.0 Å². The first-order valence-corrected chi connectivity index (χ1v) is 9.17. The van der Waals surface area contributed by atoms with Crippen molar-refractivity contribution in [1.82, 2.24) is 15.5 Å². The van der Waals surface area contributed by atoms with Gasteiger partial charge >= 0.3 is 0 Å². The fourth-order valence-electron chi connectivity index (χ4n) is 2.99. The van der Waals surface area contributed by atoms with E-state index < -0.39 is 0 Å². The number of rotatable bonds is 8. The maximum Gasteiger partial charge on any atom is 0.286 e. The number of nitrogens with one attached hydrogen (secondary N) is 2. The highest BCUT2D eigenvalue weighted by Gasteiger charge is 2.21. The fraction of sp³-hybridized carbons (Fsp3) is 0.400. The first-order valence-electron chi connectivity index (χ1n) is 9.17. The lowest BCUT2D eigenvalue weighted by atomic mass is 10.2. The van der Waals surface area contributed by atoms with E-state index in [9.17, 15) is 9.59 Å². The van der Waals surface area contributed by atoms with Crippen molar-refractivity contribution in [3.8, 4) is 0 Å². The van der Waals surface area contributed by atoms with Crippen molar-refractivity contribution in [3.63, 3.8) is 0 Å². The average Bonchev–Trinajstić information content (AvgIpc) is 3.22. The van der Waals surface area contributed by atoms with Crippen molar-refractivity contribution >= 4 is 11.8 Å². The molecule has 2 heterocycles. The van der Waals surface area contributed by atoms with E-state index in [1.165, 1.54) is 11.8 Å². The zero-order valence-corrected chi connectivity index (χ0v) is 15.2. The number of benzene rings is 1. The van der Waals surface area contributed by atoms with E-state index in [1.807, 2.05) is 18.2 Å². The molecule has 144 valence electrons. The molecule has 1 saturated heterocycles. The van der Waals surface area contributed by atoms with Gasteiger partial charge in [-0.1, -0.05) is 30.3 Å². The highest BCUT2D eigenvalue weighted by Crippen LogP contribution is 2.10. The van der Waals surface area contributed by atoms with Crippen LogP contribution in [0, 0.1) is 0 Å². The number of amides is 2. The molecule has 2 aromatic rings. The average molecular weight is 371 g/mol. The molecule has 7 heteroatoms. The molecule has 1 aliphatic rings. The lowest BCUT2D eigenvalue weighted by Crippen LogP contribution is -2.47. The smallest absolute Gasteiger partial charge is 0.286 e. The monoisotopic (exact) mass is 371 g/mol. The summed E-state index contributed by atoms with van der Waals surface area (Å²) in [7, 11) is 0. The maximum atomic E-state index is 12.0. The summed E-state index contributed by atoms with van der Waals surface area (Å²) in [6.07, 6.45) is 1.63. The third-order valence-corrected chi connectivity index (χ3v) is 4.38. The van der Waals surface area contributed by atoms with Crippen LogP contribution >= 0.6 is 0 Å². The summed E-state index contributed by atoms with van der Waals surface area (Å²) in [5, 5.41) is 5.54. The summed E-state index contributed by atoms with van der Waals surface area (Å²) in [5.41, 5.74) is 1.27. The summed E-state index contributed by atoms with van der Waals surface area (Å²) < 4.78 is 10.7. The molecule has 0 spiro atoms. The van der Waals surface area contributed by atoms with E-state index >= 15 is 0 Å². The van der Waals surface area contributed by atoms with Crippen LogP contribution in [0.5, 0.6) is 0 Å². The minimum absolute atomic E-state index is 0.0240. The lowest BCUT2D eigenvalue weighted by Gasteiger charge is -2.33. The molecule has 1 unspecified atom stereocenters. The highest BCUT2D eigenvalue weighted by atomic mass is 16.5. The first-order chi connectivity index (χ1) is 13.2. The van der Waals surface area contributed by atoms with Crippen molar-refractivity contribution < 1.29 is 18.7 Å². The van der Waals surface area contributed by atoms with Gasteiger partial charge < -0.3 is 19.8 Å². The Morgan fingerprint density at radius 1 is 1.11 bits per heavy atom. The number of hydrogen-bond acceptors (Lipinski definition) is 5. The number of ether oxygens (including phenoxy) is 1. The number of hydrogen-bond donors (Lipinski definition) is 2. The molecule has 0 radical (unpaired) electrons. The van der Waals surface area contributed by atoms with E-state index in [0.717, 1.165) is 19.6 Å². The first kappa shape index (κ1) is 19.1. The molecular formula is C20H25N3O4. The molecule has 1 aromatic carbocycles. The normalized spacial score (nSPS) is 17.4. The summed E-state index contributed by atoms with van der Waals surface area (Å²) in [6.45, 7) is 3.94. The number of carbonyl (C=O) groups is 2. The Morgan fingerprint density at radius 3 is 2.74 bits per heavy atom. The molecule has 27 heavy (non-hydrogen) atoms. The molecule has 0 bridgehead atoms. The summed E-state index contributed by atoms with van der Waals surface area (Å²) in [4.78, 5) is 26.0. The second-order valence-electron chi connectivity index (χ2n) is 6.50. The molecule has 1 fully saturated rings. The van der Waals surface area contributed by atoms with Crippen LogP contribution in [0.4, 0.5) is 0 Å². The molecule has 2 amide bonds. The number of furan rings is 1. The van der Waals surface area contributed by atoms with Gasteiger partial charge in [-0.3, -0.25) is 14.5 Å². The Bertz CT molecular complexity index is 718. The summed E-state index contributed by atoms with van der Waals surface area (Å²) in [5.74, 6) is -0.192. The van der Waals surface area contributed by atoms with E-state index in [4.69, 9.17) is 9.15 Å². The van der Waals surface area contributed by atoms with Crippen LogP contribution in [0.25, 0.3) is 0 Å². The predicted octanol–water partition coefficient (Wildman–Crippen LogP) is 1.42. The van der Waals surface area contributed by atoms with E-state index in [2.05, 4.69) is 27.7 Å². The Kier molecular flexibility index (Phi) is 7.01. The molecule has 3 rings (SSSR count). The van der Waals surface area contributed by atoms with Crippen molar-refractivity contribution in [2.45, 2.75) is 19.1 Å². The molecular weight excluding hydrogens is 346 g/mol. The zero-order valence-electron chi connectivity index (χ0n) is 15.2. The lowest BCUT2D eigenvalue weighted by molar-refractivity contribution is -0.122. The third-order valence-electron chi connectivity index (χ3n) is 4.38. The molecule has 0 aliphatic carbocycles. The minimum atomic E-state index is -0.319.